The van der Waals surface area contributed by atoms with Crippen LogP contribution in [0.1, 0.15) is 67.1 Å². The van der Waals surface area contributed by atoms with Crippen LogP contribution in [0.4, 0.5) is 0 Å². The highest BCUT2D eigenvalue weighted by Crippen LogP contribution is 2.40. The van der Waals surface area contributed by atoms with Gasteiger partial charge in [-0.1, -0.05) is 20.8 Å². The van der Waals surface area contributed by atoms with Crippen LogP contribution in [0, 0.1) is 11.3 Å². The molecule has 0 radical (unpaired) electrons. The van der Waals surface area contributed by atoms with E-state index in [-0.39, 0.29) is 17.9 Å². The van der Waals surface area contributed by atoms with Crippen LogP contribution in [-0.2, 0) is 17.6 Å². The molecule has 0 aromatic carbocycles. The first-order chi connectivity index (χ1) is 13.7. The summed E-state index contributed by atoms with van der Waals surface area (Å²) in [6, 6.07) is 2.45. The minimum Gasteiger partial charge on any atom is -0.352 e. The monoisotopic (exact) mass is 417 g/mol. The number of hydrogen-bond acceptors (Lipinski definition) is 4. The number of aryl methyl sites for hydroxylation is 1. The molecule has 6 heteroatoms. The Bertz CT molecular complexity index is 770. The molecule has 5 nitrogen and oxygen atoms in total. The van der Waals surface area contributed by atoms with Crippen molar-refractivity contribution in [1.29, 1.82) is 0 Å². The van der Waals surface area contributed by atoms with Crippen LogP contribution in [0.2, 0.25) is 0 Å². The SMILES string of the molecule is CC(C(=O)NC1CC1)N1CCN(C(=O)c2cc3c(s2)CCC(C(C)(C)C)C3)CC1. The molecule has 2 heterocycles. The van der Waals surface area contributed by atoms with E-state index < -0.39 is 0 Å². The third-order valence-electron chi connectivity index (χ3n) is 6.97. The lowest BCUT2D eigenvalue weighted by atomic mass is 9.72. The molecule has 1 saturated carbocycles. The normalized spacial score (nSPS) is 24.1. The molecule has 1 saturated heterocycles. The van der Waals surface area contributed by atoms with Crippen molar-refractivity contribution in [2.45, 2.75) is 71.9 Å². The lowest BCUT2D eigenvalue weighted by Gasteiger charge is -2.37. The summed E-state index contributed by atoms with van der Waals surface area (Å²) >= 11 is 1.71. The summed E-state index contributed by atoms with van der Waals surface area (Å²) < 4.78 is 0. The number of nitrogens with zero attached hydrogens (tertiary/aromatic N) is 2. The van der Waals surface area contributed by atoms with Crippen LogP contribution < -0.4 is 5.32 Å². The molecule has 1 N–H and O–H groups in total. The predicted octanol–water partition coefficient (Wildman–Crippen LogP) is 3.32. The zero-order chi connectivity index (χ0) is 20.8. The van der Waals surface area contributed by atoms with E-state index in [0.717, 1.165) is 43.6 Å². The number of rotatable bonds is 4. The molecule has 29 heavy (non-hydrogen) atoms. The summed E-state index contributed by atoms with van der Waals surface area (Å²) in [5, 5.41) is 3.09. The molecule has 2 aliphatic carbocycles. The standard InChI is InChI=1S/C23H35N3O2S/c1-15(21(27)24-18-6-7-18)25-9-11-26(12-10-25)22(28)20-14-16-13-17(23(2,3)4)5-8-19(16)29-20/h14-15,17-18H,5-13H2,1-4H3,(H,24,27). The fourth-order valence-electron chi connectivity index (χ4n) is 4.55. The first kappa shape index (κ1) is 20.9. The topological polar surface area (TPSA) is 52.7 Å². The summed E-state index contributed by atoms with van der Waals surface area (Å²) in [5.74, 6) is 0.998. The van der Waals surface area contributed by atoms with Gasteiger partial charge in [-0.2, -0.15) is 0 Å². The molecule has 2 atom stereocenters. The first-order valence-corrected chi connectivity index (χ1v) is 12.0. The van der Waals surface area contributed by atoms with Crippen molar-refractivity contribution in [2.75, 3.05) is 26.2 Å². The van der Waals surface area contributed by atoms with E-state index >= 15 is 0 Å². The highest BCUT2D eigenvalue weighted by atomic mass is 32.1. The molecule has 160 valence electrons. The van der Waals surface area contributed by atoms with E-state index in [1.165, 1.54) is 16.9 Å². The molecular weight excluding hydrogens is 382 g/mol. The maximum absolute atomic E-state index is 13.1. The summed E-state index contributed by atoms with van der Waals surface area (Å²) in [5.41, 5.74) is 1.72. The molecule has 1 aliphatic heterocycles. The molecule has 3 aliphatic rings. The van der Waals surface area contributed by atoms with E-state index in [1.54, 1.807) is 11.3 Å². The van der Waals surface area contributed by atoms with Crippen LogP contribution in [0.3, 0.4) is 0 Å². The van der Waals surface area contributed by atoms with Gasteiger partial charge in [0.15, 0.2) is 0 Å². The minimum atomic E-state index is -0.115. The van der Waals surface area contributed by atoms with Crippen LogP contribution in [-0.4, -0.2) is 59.9 Å². The van der Waals surface area contributed by atoms with Crippen LogP contribution in [0.25, 0.3) is 0 Å². The number of hydrogen-bond donors (Lipinski definition) is 1. The van der Waals surface area contributed by atoms with E-state index in [1.807, 2.05) is 11.8 Å². The van der Waals surface area contributed by atoms with Gasteiger partial charge in [-0.15, -0.1) is 11.3 Å². The first-order valence-electron chi connectivity index (χ1n) is 11.2. The highest BCUT2D eigenvalue weighted by Gasteiger charge is 2.33. The smallest absolute Gasteiger partial charge is 0.264 e. The molecule has 0 spiro atoms. The fraction of sp³-hybridized carbons (Fsp3) is 0.739. The van der Waals surface area contributed by atoms with Crippen molar-refractivity contribution in [3.05, 3.63) is 21.4 Å². The number of piperazine rings is 1. The van der Waals surface area contributed by atoms with Crippen molar-refractivity contribution in [2.24, 2.45) is 11.3 Å². The van der Waals surface area contributed by atoms with E-state index in [2.05, 4.69) is 37.1 Å². The van der Waals surface area contributed by atoms with Crippen LogP contribution in [0.5, 0.6) is 0 Å². The molecule has 1 aromatic rings. The second-order valence-corrected chi connectivity index (χ2v) is 11.3. The Morgan fingerprint density at radius 1 is 1.14 bits per heavy atom. The molecule has 0 bridgehead atoms. The maximum Gasteiger partial charge on any atom is 0.264 e. The summed E-state index contributed by atoms with van der Waals surface area (Å²) in [6.45, 7) is 11.9. The van der Waals surface area contributed by atoms with E-state index in [9.17, 15) is 9.59 Å². The van der Waals surface area contributed by atoms with Gasteiger partial charge in [0.2, 0.25) is 5.91 Å². The lowest BCUT2D eigenvalue weighted by Crippen LogP contribution is -2.55. The Kier molecular flexibility index (Phi) is 5.77. The molecule has 2 fully saturated rings. The van der Waals surface area contributed by atoms with E-state index in [4.69, 9.17) is 0 Å². The van der Waals surface area contributed by atoms with Gasteiger partial charge in [0.25, 0.3) is 5.91 Å². The van der Waals surface area contributed by atoms with Gasteiger partial charge < -0.3 is 10.2 Å². The number of carbonyl (C=O) groups is 2. The van der Waals surface area contributed by atoms with Crippen molar-refractivity contribution < 1.29 is 9.59 Å². The molecule has 1 aromatic heterocycles. The number of fused-ring (bicyclic) bond motifs is 1. The second-order valence-electron chi connectivity index (χ2n) is 10.2. The minimum absolute atomic E-state index is 0.115. The van der Waals surface area contributed by atoms with Crippen LogP contribution in [0.15, 0.2) is 6.07 Å². The zero-order valence-electron chi connectivity index (χ0n) is 18.3. The van der Waals surface area contributed by atoms with Crippen molar-refractivity contribution in [3.8, 4) is 0 Å². The average Bonchev–Trinajstić information content (AvgIpc) is 3.40. The quantitative estimate of drug-likeness (QED) is 0.818. The van der Waals surface area contributed by atoms with Crippen molar-refractivity contribution in [1.82, 2.24) is 15.1 Å². The third kappa shape index (κ3) is 4.69. The second kappa shape index (κ2) is 8.03. The third-order valence-corrected chi connectivity index (χ3v) is 8.20. The summed E-state index contributed by atoms with van der Waals surface area (Å²) in [7, 11) is 0. The molecule has 2 amide bonds. The Labute approximate surface area is 178 Å². The van der Waals surface area contributed by atoms with Crippen molar-refractivity contribution in [3.63, 3.8) is 0 Å². The Hall–Kier alpha value is -1.40. The van der Waals surface area contributed by atoms with E-state index in [0.29, 0.717) is 30.5 Å². The number of nitrogens with one attached hydrogen (secondary N) is 1. The van der Waals surface area contributed by atoms with Gasteiger partial charge in [0.1, 0.15) is 0 Å². The van der Waals surface area contributed by atoms with Crippen molar-refractivity contribution >= 4 is 23.2 Å². The van der Waals surface area contributed by atoms with Gasteiger partial charge in [0, 0.05) is 37.1 Å². The largest absolute Gasteiger partial charge is 0.352 e. The zero-order valence-corrected chi connectivity index (χ0v) is 19.1. The Morgan fingerprint density at radius 3 is 2.45 bits per heavy atom. The van der Waals surface area contributed by atoms with Gasteiger partial charge in [-0.25, -0.2) is 0 Å². The summed E-state index contributed by atoms with van der Waals surface area (Å²) in [6.07, 6.45) is 5.66. The number of amides is 2. The maximum atomic E-state index is 13.1. The Morgan fingerprint density at radius 2 is 1.83 bits per heavy atom. The van der Waals surface area contributed by atoms with Gasteiger partial charge in [-0.3, -0.25) is 14.5 Å². The number of carbonyl (C=O) groups excluding carboxylic acids is 2. The fourth-order valence-corrected chi connectivity index (χ4v) is 5.73. The van der Waals surface area contributed by atoms with Crippen LogP contribution >= 0.6 is 11.3 Å². The van der Waals surface area contributed by atoms with Gasteiger partial charge in [0.05, 0.1) is 10.9 Å². The summed E-state index contributed by atoms with van der Waals surface area (Å²) in [4.78, 5) is 31.9. The van der Waals surface area contributed by atoms with Gasteiger partial charge in [-0.05, 0) is 62.0 Å². The predicted molar refractivity (Wildman–Crippen MR) is 117 cm³/mol. The molecular formula is C23H35N3O2S. The molecule has 2 unspecified atom stereocenters. The van der Waals surface area contributed by atoms with Gasteiger partial charge >= 0.3 is 0 Å². The lowest BCUT2D eigenvalue weighted by molar-refractivity contribution is -0.126. The Balaban J connectivity index is 1.33. The molecule has 4 rings (SSSR count). The highest BCUT2D eigenvalue weighted by molar-refractivity contribution is 7.14. The average molecular weight is 418 g/mol. The number of thiophene rings is 1.